The van der Waals surface area contributed by atoms with E-state index in [1.54, 1.807) is 30.5 Å². The molecule has 6 nitrogen and oxygen atoms in total. The number of nitriles is 1. The number of hydrogen-bond donors (Lipinski definition) is 3. The molecule has 1 heterocycles. The van der Waals surface area contributed by atoms with Gasteiger partial charge in [-0.2, -0.15) is 5.26 Å². The number of carboxylic acid groups (broad SMARTS) is 1. The highest BCUT2D eigenvalue weighted by Crippen LogP contribution is 2.36. The Morgan fingerprint density at radius 1 is 1.00 bits per heavy atom. The molecule has 0 bridgehead atoms. The van der Waals surface area contributed by atoms with Crippen LogP contribution in [0.25, 0.3) is 10.9 Å². The molecule has 0 aliphatic carbocycles. The quantitative estimate of drug-likeness (QED) is 0.452. The molecule has 146 valence electrons. The molecule has 0 saturated heterocycles. The number of aromatic hydroxyl groups is 1. The Hall–Kier alpha value is -4.37. The largest absolute Gasteiger partial charge is 0.505 e. The number of phenolic OH excluding ortho intramolecular Hbond substituents is 1. The van der Waals surface area contributed by atoms with Gasteiger partial charge in [0.05, 0.1) is 23.2 Å². The molecule has 30 heavy (non-hydrogen) atoms. The van der Waals surface area contributed by atoms with Crippen molar-refractivity contribution >= 4 is 22.6 Å². The first-order chi connectivity index (χ1) is 14.6. The summed E-state index contributed by atoms with van der Waals surface area (Å²) in [4.78, 5) is 15.4. The second-order valence-electron chi connectivity index (χ2n) is 6.77. The minimum absolute atomic E-state index is 0.0668. The van der Waals surface area contributed by atoms with E-state index in [0.717, 1.165) is 10.9 Å². The zero-order chi connectivity index (χ0) is 21.1. The van der Waals surface area contributed by atoms with Gasteiger partial charge in [0.1, 0.15) is 11.3 Å². The fourth-order valence-corrected chi connectivity index (χ4v) is 3.34. The topological polar surface area (TPSA) is 106 Å². The molecule has 0 aliphatic heterocycles. The van der Waals surface area contributed by atoms with Crippen LogP contribution < -0.4 is 5.32 Å². The maximum atomic E-state index is 11.1. The lowest BCUT2D eigenvalue weighted by atomic mass is 9.95. The van der Waals surface area contributed by atoms with Crippen LogP contribution in [-0.4, -0.2) is 21.2 Å². The molecule has 0 fully saturated rings. The number of nitrogens with one attached hydrogen (secondary N) is 1. The van der Waals surface area contributed by atoms with Crippen LogP contribution in [0.4, 0.5) is 5.69 Å². The number of carbonyl (C=O) groups is 1. The first kappa shape index (κ1) is 19.0. The summed E-state index contributed by atoms with van der Waals surface area (Å²) in [5.74, 6) is -0.930. The molecule has 0 radical (unpaired) electrons. The first-order valence-corrected chi connectivity index (χ1v) is 9.23. The second-order valence-corrected chi connectivity index (χ2v) is 6.77. The Morgan fingerprint density at radius 2 is 1.73 bits per heavy atom. The van der Waals surface area contributed by atoms with E-state index in [9.17, 15) is 9.90 Å². The van der Waals surface area contributed by atoms with E-state index in [-0.39, 0.29) is 11.3 Å². The first-order valence-electron chi connectivity index (χ1n) is 9.23. The van der Waals surface area contributed by atoms with Crippen LogP contribution in [0.3, 0.4) is 0 Å². The second kappa shape index (κ2) is 7.94. The number of aromatic carboxylic acids is 1. The van der Waals surface area contributed by atoms with Gasteiger partial charge >= 0.3 is 5.97 Å². The molecule has 4 aromatic rings. The molecule has 0 spiro atoms. The summed E-state index contributed by atoms with van der Waals surface area (Å²) in [5, 5.41) is 33.3. The van der Waals surface area contributed by atoms with Gasteiger partial charge in [-0.05, 0) is 48.0 Å². The molecule has 3 N–H and O–H groups in total. The predicted octanol–water partition coefficient (Wildman–Crippen LogP) is 4.71. The average molecular weight is 395 g/mol. The smallest absolute Gasteiger partial charge is 0.335 e. The Bertz CT molecular complexity index is 1260. The van der Waals surface area contributed by atoms with Gasteiger partial charge in [-0.1, -0.05) is 30.3 Å². The van der Waals surface area contributed by atoms with E-state index in [1.165, 1.54) is 12.1 Å². The monoisotopic (exact) mass is 395 g/mol. The third-order valence-corrected chi connectivity index (χ3v) is 4.91. The van der Waals surface area contributed by atoms with Gasteiger partial charge in [0, 0.05) is 22.8 Å². The number of pyridine rings is 1. The number of fused-ring (bicyclic) bond motifs is 1. The Balaban J connectivity index is 1.80. The van der Waals surface area contributed by atoms with Crippen LogP contribution in [0.5, 0.6) is 5.75 Å². The summed E-state index contributed by atoms with van der Waals surface area (Å²) in [7, 11) is 0. The molecule has 0 aliphatic rings. The molecule has 4 rings (SSSR count). The van der Waals surface area contributed by atoms with Crippen LogP contribution in [0, 0.1) is 11.3 Å². The Kier molecular flexibility index (Phi) is 5.02. The standard InChI is InChI=1S/C24H17N3O3/c25-14-15-3-5-17(6-4-15)21(27-19-10-7-18(8-11-19)24(29)30)20-12-9-16-2-1-13-26-22(16)23(20)28/h1-13,21,27-28H,(H,29,30). The summed E-state index contributed by atoms with van der Waals surface area (Å²) in [6.07, 6.45) is 1.63. The van der Waals surface area contributed by atoms with Crippen LogP contribution >= 0.6 is 0 Å². The lowest BCUT2D eigenvalue weighted by Crippen LogP contribution is -2.13. The summed E-state index contributed by atoms with van der Waals surface area (Å²) in [5.41, 5.74) is 3.36. The number of anilines is 1. The third kappa shape index (κ3) is 3.64. The van der Waals surface area contributed by atoms with Crippen molar-refractivity contribution in [3.63, 3.8) is 0 Å². The van der Waals surface area contributed by atoms with Gasteiger partial charge in [-0.25, -0.2) is 4.79 Å². The molecule has 1 atom stereocenters. The average Bonchev–Trinajstić information content (AvgIpc) is 2.79. The Labute approximate surface area is 172 Å². The molecule has 1 unspecified atom stereocenters. The van der Waals surface area contributed by atoms with Gasteiger partial charge in [0.15, 0.2) is 0 Å². The predicted molar refractivity (Wildman–Crippen MR) is 113 cm³/mol. The van der Waals surface area contributed by atoms with Gasteiger partial charge in [-0.3, -0.25) is 4.98 Å². The van der Waals surface area contributed by atoms with Crippen LogP contribution in [0.2, 0.25) is 0 Å². The molecule has 1 aromatic heterocycles. The summed E-state index contributed by atoms with van der Waals surface area (Å²) < 4.78 is 0. The van der Waals surface area contributed by atoms with Crippen LogP contribution in [0.15, 0.2) is 79.0 Å². The lowest BCUT2D eigenvalue weighted by Gasteiger charge is -2.22. The minimum atomic E-state index is -0.997. The summed E-state index contributed by atoms with van der Waals surface area (Å²) in [6.45, 7) is 0. The van der Waals surface area contributed by atoms with E-state index < -0.39 is 12.0 Å². The molecular formula is C24H17N3O3. The maximum absolute atomic E-state index is 11.1. The number of nitrogens with zero attached hydrogens (tertiary/aromatic N) is 2. The van der Waals surface area contributed by atoms with Crippen molar-refractivity contribution in [3.8, 4) is 11.8 Å². The highest BCUT2D eigenvalue weighted by atomic mass is 16.4. The highest BCUT2D eigenvalue weighted by Gasteiger charge is 2.20. The van der Waals surface area contributed by atoms with Crippen molar-refractivity contribution < 1.29 is 15.0 Å². The van der Waals surface area contributed by atoms with Crippen molar-refractivity contribution in [1.82, 2.24) is 4.98 Å². The third-order valence-electron chi connectivity index (χ3n) is 4.91. The maximum Gasteiger partial charge on any atom is 0.335 e. The number of benzene rings is 3. The SMILES string of the molecule is N#Cc1ccc(C(Nc2ccc(C(=O)O)cc2)c2ccc3cccnc3c2O)cc1. The summed E-state index contributed by atoms with van der Waals surface area (Å²) >= 11 is 0. The van der Waals surface area contributed by atoms with Gasteiger partial charge in [0.2, 0.25) is 0 Å². The van der Waals surface area contributed by atoms with E-state index in [4.69, 9.17) is 10.4 Å². The highest BCUT2D eigenvalue weighted by molar-refractivity contribution is 5.88. The number of aromatic nitrogens is 1. The fourth-order valence-electron chi connectivity index (χ4n) is 3.34. The van der Waals surface area contributed by atoms with E-state index in [2.05, 4.69) is 16.4 Å². The number of hydrogen-bond acceptors (Lipinski definition) is 5. The summed E-state index contributed by atoms with van der Waals surface area (Å²) in [6, 6.07) is 22.5. The number of carboxylic acids is 1. The number of rotatable bonds is 5. The van der Waals surface area contributed by atoms with Gasteiger partial charge < -0.3 is 15.5 Å². The van der Waals surface area contributed by atoms with Gasteiger partial charge in [-0.15, -0.1) is 0 Å². The van der Waals surface area contributed by atoms with Crippen LogP contribution in [-0.2, 0) is 0 Å². The number of phenols is 1. The van der Waals surface area contributed by atoms with Crippen molar-refractivity contribution in [2.75, 3.05) is 5.32 Å². The molecule has 6 heteroatoms. The lowest BCUT2D eigenvalue weighted by molar-refractivity contribution is 0.0697. The Morgan fingerprint density at radius 3 is 2.40 bits per heavy atom. The van der Waals surface area contributed by atoms with Crippen molar-refractivity contribution in [2.24, 2.45) is 0 Å². The van der Waals surface area contributed by atoms with E-state index in [1.807, 2.05) is 36.4 Å². The zero-order valence-electron chi connectivity index (χ0n) is 15.8. The van der Waals surface area contributed by atoms with Crippen molar-refractivity contribution in [1.29, 1.82) is 5.26 Å². The van der Waals surface area contributed by atoms with Crippen molar-refractivity contribution in [3.05, 3.63) is 101 Å². The fraction of sp³-hybridized carbons (Fsp3) is 0.0417. The van der Waals surface area contributed by atoms with Crippen molar-refractivity contribution in [2.45, 2.75) is 6.04 Å². The molecule has 0 amide bonds. The molecule has 3 aromatic carbocycles. The minimum Gasteiger partial charge on any atom is -0.505 e. The molecule has 0 saturated carbocycles. The van der Waals surface area contributed by atoms with Crippen LogP contribution in [0.1, 0.15) is 33.1 Å². The normalized spacial score (nSPS) is 11.6. The van der Waals surface area contributed by atoms with E-state index >= 15 is 0 Å². The van der Waals surface area contributed by atoms with E-state index in [0.29, 0.717) is 22.3 Å². The molecular weight excluding hydrogens is 378 g/mol. The zero-order valence-corrected chi connectivity index (χ0v) is 15.8. The van der Waals surface area contributed by atoms with Gasteiger partial charge in [0.25, 0.3) is 0 Å².